The van der Waals surface area contributed by atoms with Gasteiger partial charge in [-0.15, -0.1) is 0 Å². The van der Waals surface area contributed by atoms with Gasteiger partial charge in [-0.2, -0.15) is 18.4 Å². The summed E-state index contributed by atoms with van der Waals surface area (Å²) in [6.07, 6.45) is -3.73. The lowest BCUT2D eigenvalue weighted by Gasteiger charge is -2.18. The third kappa shape index (κ3) is 4.43. The fraction of sp³-hybridized carbons (Fsp3) is 0.538. The SMILES string of the molecule is CC(C)CC(C)Nc1nc(C(F)(F)F)ccc1C#N. The Morgan fingerprint density at radius 2 is 1.95 bits per heavy atom. The van der Waals surface area contributed by atoms with E-state index in [0.29, 0.717) is 5.92 Å². The summed E-state index contributed by atoms with van der Waals surface area (Å²) in [5.41, 5.74) is -0.880. The van der Waals surface area contributed by atoms with Gasteiger partial charge in [0.25, 0.3) is 0 Å². The van der Waals surface area contributed by atoms with Gasteiger partial charge in [0.2, 0.25) is 0 Å². The van der Waals surface area contributed by atoms with Gasteiger partial charge in [-0.1, -0.05) is 13.8 Å². The first-order valence-electron chi connectivity index (χ1n) is 5.99. The Bertz CT molecular complexity index is 475. The van der Waals surface area contributed by atoms with E-state index in [1.54, 1.807) is 0 Å². The molecule has 1 aromatic rings. The number of nitrogens with zero attached hydrogens (tertiary/aromatic N) is 2. The molecule has 0 bridgehead atoms. The van der Waals surface area contributed by atoms with Crippen molar-refractivity contribution >= 4 is 5.82 Å². The van der Waals surface area contributed by atoms with Crippen molar-refractivity contribution in [2.75, 3.05) is 5.32 Å². The van der Waals surface area contributed by atoms with E-state index < -0.39 is 11.9 Å². The maximum Gasteiger partial charge on any atom is 0.433 e. The molecule has 0 saturated heterocycles. The van der Waals surface area contributed by atoms with Gasteiger partial charge >= 0.3 is 6.18 Å². The summed E-state index contributed by atoms with van der Waals surface area (Å²) in [6, 6.07) is 3.74. The van der Waals surface area contributed by atoms with Crippen molar-refractivity contribution in [1.82, 2.24) is 4.98 Å². The zero-order valence-corrected chi connectivity index (χ0v) is 11.0. The van der Waals surface area contributed by atoms with Crippen molar-refractivity contribution in [2.45, 2.75) is 39.4 Å². The second kappa shape index (κ2) is 5.91. The molecule has 19 heavy (non-hydrogen) atoms. The molecule has 0 spiro atoms. The number of nitriles is 1. The molecule has 6 heteroatoms. The molecule has 1 heterocycles. The normalized spacial score (nSPS) is 13.2. The average Bonchev–Trinajstić information content (AvgIpc) is 2.26. The average molecular weight is 271 g/mol. The fourth-order valence-electron chi connectivity index (χ4n) is 1.82. The molecule has 0 amide bonds. The van der Waals surface area contributed by atoms with Crippen molar-refractivity contribution < 1.29 is 13.2 Å². The van der Waals surface area contributed by atoms with Gasteiger partial charge in [0, 0.05) is 6.04 Å². The van der Waals surface area contributed by atoms with E-state index in [9.17, 15) is 13.2 Å². The van der Waals surface area contributed by atoms with Crippen molar-refractivity contribution in [3.63, 3.8) is 0 Å². The number of pyridine rings is 1. The van der Waals surface area contributed by atoms with Crippen LogP contribution in [-0.4, -0.2) is 11.0 Å². The monoisotopic (exact) mass is 271 g/mol. The Balaban J connectivity index is 3.01. The van der Waals surface area contributed by atoms with Gasteiger partial charge in [-0.05, 0) is 31.4 Å². The number of aromatic nitrogens is 1. The highest BCUT2D eigenvalue weighted by atomic mass is 19.4. The predicted octanol–water partition coefficient (Wildman–Crippen LogP) is 3.82. The van der Waals surface area contributed by atoms with E-state index in [4.69, 9.17) is 5.26 Å². The molecule has 0 aliphatic heterocycles. The zero-order valence-electron chi connectivity index (χ0n) is 11.0. The summed E-state index contributed by atoms with van der Waals surface area (Å²) >= 11 is 0. The lowest BCUT2D eigenvalue weighted by atomic mass is 10.1. The Kier molecular flexibility index (Phi) is 4.76. The van der Waals surface area contributed by atoms with E-state index in [1.807, 2.05) is 26.8 Å². The van der Waals surface area contributed by atoms with Crippen molar-refractivity contribution in [3.05, 3.63) is 23.4 Å². The van der Waals surface area contributed by atoms with Crippen LogP contribution >= 0.6 is 0 Å². The van der Waals surface area contributed by atoms with Crippen LogP contribution in [0.4, 0.5) is 19.0 Å². The quantitative estimate of drug-likeness (QED) is 0.905. The fourth-order valence-corrected chi connectivity index (χ4v) is 1.82. The van der Waals surface area contributed by atoms with Crippen molar-refractivity contribution in [2.24, 2.45) is 5.92 Å². The van der Waals surface area contributed by atoms with Crippen LogP contribution in [0.1, 0.15) is 38.4 Å². The van der Waals surface area contributed by atoms with Crippen LogP contribution in [0.25, 0.3) is 0 Å². The first-order valence-corrected chi connectivity index (χ1v) is 5.99. The van der Waals surface area contributed by atoms with Gasteiger partial charge in [0.1, 0.15) is 17.6 Å². The minimum atomic E-state index is -4.51. The van der Waals surface area contributed by atoms with Gasteiger partial charge in [0.05, 0.1) is 5.56 Å². The summed E-state index contributed by atoms with van der Waals surface area (Å²) < 4.78 is 37.7. The Hall–Kier alpha value is -1.77. The third-order valence-corrected chi connectivity index (χ3v) is 2.51. The second-order valence-corrected chi connectivity index (χ2v) is 4.88. The second-order valence-electron chi connectivity index (χ2n) is 4.88. The Morgan fingerprint density at radius 1 is 1.32 bits per heavy atom. The van der Waals surface area contributed by atoms with Gasteiger partial charge in [-0.3, -0.25) is 0 Å². The molecule has 1 unspecified atom stereocenters. The number of anilines is 1. The minimum absolute atomic E-state index is 0.00882. The molecular weight excluding hydrogens is 255 g/mol. The van der Waals surface area contributed by atoms with E-state index in [2.05, 4.69) is 10.3 Å². The van der Waals surface area contributed by atoms with E-state index in [0.717, 1.165) is 18.6 Å². The number of halogens is 3. The zero-order chi connectivity index (χ0) is 14.6. The van der Waals surface area contributed by atoms with Crippen LogP contribution < -0.4 is 5.32 Å². The van der Waals surface area contributed by atoms with Gasteiger partial charge in [0.15, 0.2) is 0 Å². The number of hydrogen-bond donors (Lipinski definition) is 1. The predicted molar refractivity (Wildman–Crippen MR) is 66.5 cm³/mol. The number of alkyl halides is 3. The summed E-state index contributed by atoms with van der Waals surface area (Å²) in [5.74, 6) is 0.393. The highest BCUT2D eigenvalue weighted by Crippen LogP contribution is 2.29. The largest absolute Gasteiger partial charge is 0.433 e. The standard InChI is InChI=1S/C13H16F3N3/c1-8(2)6-9(3)18-12-10(7-17)4-5-11(19-12)13(14,15)16/h4-5,8-9H,6H2,1-3H3,(H,18,19). The van der Waals surface area contributed by atoms with Gasteiger partial charge < -0.3 is 5.32 Å². The maximum absolute atomic E-state index is 12.6. The van der Waals surface area contributed by atoms with E-state index in [-0.39, 0.29) is 17.4 Å². The topological polar surface area (TPSA) is 48.7 Å². The van der Waals surface area contributed by atoms with Crippen LogP contribution in [-0.2, 0) is 6.18 Å². The summed E-state index contributed by atoms with van der Waals surface area (Å²) in [6.45, 7) is 5.88. The number of nitrogens with one attached hydrogen (secondary N) is 1. The molecule has 0 aromatic carbocycles. The smallest absolute Gasteiger partial charge is 0.366 e. The minimum Gasteiger partial charge on any atom is -0.366 e. The van der Waals surface area contributed by atoms with Crippen LogP contribution in [0.3, 0.4) is 0 Å². The highest BCUT2D eigenvalue weighted by molar-refractivity contribution is 5.53. The summed E-state index contributed by atoms with van der Waals surface area (Å²) in [5, 5.41) is 11.8. The van der Waals surface area contributed by atoms with Crippen molar-refractivity contribution in [3.8, 4) is 6.07 Å². The molecule has 1 N–H and O–H groups in total. The van der Waals surface area contributed by atoms with Crippen molar-refractivity contribution in [1.29, 1.82) is 5.26 Å². The van der Waals surface area contributed by atoms with Gasteiger partial charge in [-0.25, -0.2) is 4.98 Å². The summed E-state index contributed by atoms with van der Waals surface area (Å²) in [7, 11) is 0. The molecule has 0 aliphatic carbocycles. The van der Waals surface area contributed by atoms with Crippen LogP contribution in [0, 0.1) is 17.2 Å². The Labute approximate surface area is 110 Å². The first-order chi connectivity index (χ1) is 8.74. The van der Waals surface area contributed by atoms with E-state index >= 15 is 0 Å². The molecule has 104 valence electrons. The van der Waals surface area contributed by atoms with Crippen LogP contribution in [0.15, 0.2) is 12.1 Å². The number of hydrogen-bond acceptors (Lipinski definition) is 3. The van der Waals surface area contributed by atoms with E-state index in [1.165, 1.54) is 0 Å². The molecule has 0 saturated carbocycles. The summed E-state index contributed by atoms with van der Waals surface area (Å²) in [4.78, 5) is 3.50. The highest BCUT2D eigenvalue weighted by Gasteiger charge is 2.33. The maximum atomic E-state index is 12.6. The number of rotatable bonds is 4. The third-order valence-electron chi connectivity index (χ3n) is 2.51. The van der Waals surface area contributed by atoms with Crippen LogP contribution in [0.5, 0.6) is 0 Å². The molecule has 0 radical (unpaired) electrons. The molecule has 1 rings (SSSR count). The molecular formula is C13H16F3N3. The molecule has 3 nitrogen and oxygen atoms in total. The molecule has 0 aliphatic rings. The first kappa shape index (κ1) is 15.3. The molecule has 1 atom stereocenters. The lowest BCUT2D eigenvalue weighted by Crippen LogP contribution is -2.20. The van der Waals surface area contributed by atoms with Crippen LogP contribution in [0.2, 0.25) is 0 Å². The lowest BCUT2D eigenvalue weighted by molar-refractivity contribution is -0.141. The molecule has 0 fully saturated rings. The Morgan fingerprint density at radius 3 is 2.42 bits per heavy atom. The molecule has 1 aromatic heterocycles.